The summed E-state index contributed by atoms with van der Waals surface area (Å²) in [6.07, 6.45) is 16.3. The van der Waals surface area contributed by atoms with Crippen molar-refractivity contribution < 1.29 is 9.53 Å². The van der Waals surface area contributed by atoms with Crippen molar-refractivity contribution in [1.82, 2.24) is 0 Å². The van der Waals surface area contributed by atoms with Gasteiger partial charge in [-0.25, -0.2) is 0 Å². The first-order valence-corrected chi connectivity index (χ1v) is 9.10. The predicted molar refractivity (Wildman–Crippen MR) is 91.2 cm³/mol. The highest BCUT2D eigenvalue weighted by molar-refractivity contribution is 8.13. The number of hydrogen-bond donors (Lipinski definition) is 1. The number of hydrogen-bond acceptors (Lipinski definition) is 4. The molecule has 4 heteroatoms. The highest BCUT2D eigenvalue weighted by Gasteiger charge is 2.05. The summed E-state index contributed by atoms with van der Waals surface area (Å²) in [5.74, 6) is 0.965. The van der Waals surface area contributed by atoms with Crippen molar-refractivity contribution in [3.8, 4) is 0 Å². The zero-order chi connectivity index (χ0) is 15.2. The SMILES string of the molecule is NCOCCCCCCCSC(=O)CCC1=CCCC=C1. The standard InChI is InChI=1S/C17H29NO2S/c18-15-20-13-7-2-1-3-8-14-21-17(19)12-11-16-9-5-4-6-10-16/h5,9-10H,1-4,6-8,11-15,18H2. The summed E-state index contributed by atoms with van der Waals surface area (Å²) in [6, 6.07) is 0. The third kappa shape index (κ3) is 10.7. The Morgan fingerprint density at radius 3 is 2.76 bits per heavy atom. The van der Waals surface area contributed by atoms with E-state index in [2.05, 4.69) is 18.2 Å². The highest BCUT2D eigenvalue weighted by Crippen LogP contribution is 2.18. The van der Waals surface area contributed by atoms with Crippen LogP contribution in [0.15, 0.2) is 23.8 Å². The predicted octanol–water partition coefficient (Wildman–Crippen LogP) is 4.19. The number of nitrogens with two attached hydrogens (primary N) is 1. The molecule has 1 aliphatic carbocycles. The third-order valence-electron chi connectivity index (χ3n) is 3.50. The van der Waals surface area contributed by atoms with Gasteiger partial charge in [-0.2, -0.15) is 0 Å². The van der Waals surface area contributed by atoms with Crippen LogP contribution in [0.5, 0.6) is 0 Å². The molecular weight excluding hydrogens is 282 g/mol. The minimum Gasteiger partial charge on any atom is -0.367 e. The molecule has 1 rings (SSSR count). The summed E-state index contributed by atoms with van der Waals surface area (Å²) in [7, 11) is 0. The van der Waals surface area contributed by atoms with E-state index < -0.39 is 0 Å². The lowest BCUT2D eigenvalue weighted by Crippen LogP contribution is -2.05. The molecule has 0 aromatic carbocycles. The molecule has 0 aromatic heterocycles. The van der Waals surface area contributed by atoms with E-state index in [0.29, 0.717) is 18.3 Å². The van der Waals surface area contributed by atoms with Crippen LogP contribution in [0.3, 0.4) is 0 Å². The van der Waals surface area contributed by atoms with E-state index >= 15 is 0 Å². The Bertz CT molecular complexity index is 340. The number of unbranched alkanes of at least 4 members (excludes halogenated alkanes) is 4. The van der Waals surface area contributed by atoms with Gasteiger partial charge >= 0.3 is 0 Å². The van der Waals surface area contributed by atoms with Crippen LogP contribution >= 0.6 is 11.8 Å². The highest BCUT2D eigenvalue weighted by atomic mass is 32.2. The quantitative estimate of drug-likeness (QED) is 0.434. The molecule has 120 valence electrons. The molecule has 0 saturated heterocycles. The van der Waals surface area contributed by atoms with E-state index in [0.717, 1.165) is 44.5 Å². The topological polar surface area (TPSA) is 52.3 Å². The summed E-state index contributed by atoms with van der Waals surface area (Å²) in [6.45, 7) is 1.10. The minimum absolute atomic E-state index is 0.325. The van der Waals surface area contributed by atoms with Gasteiger partial charge < -0.3 is 10.5 Å². The van der Waals surface area contributed by atoms with E-state index in [-0.39, 0.29) is 0 Å². The lowest BCUT2D eigenvalue weighted by molar-refractivity contribution is -0.110. The van der Waals surface area contributed by atoms with Crippen molar-refractivity contribution in [2.45, 2.75) is 57.8 Å². The second-order valence-electron chi connectivity index (χ2n) is 5.32. The summed E-state index contributed by atoms with van der Waals surface area (Å²) < 4.78 is 5.09. The smallest absolute Gasteiger partial charge is 0.189 e. The van der Waals surface area contributed by atoms with Gasteiger partial charge in [-0.15, -0.1) is 0 Å². The molecule has 0 bridgehead atoms. The van der Waals surface area contributed by atoms with Crippen molar-refractivity contribution >= 4 is 16.9 Å². The van der Waals surface area contributed by atoms with E-state index in [1.807, 2.05) is 0 Å². The van der Waals surface area contributed by atoms with Crippen LogP contribution in [-0.2, 0) is 9.53 Å². The van der Waals surface area contributed by atoms with Gasteiger partial charge in [-0.1, -0.05) is 54.8 Å². The van der Waals surface area contributed by atoms with Gasteiger partial charge in [0.15, 0.2) is 5.12 Å². The average molecular weight is 311 g/mol. The number of rotatable bonds is 12. The molecule has 0 atom stereocenters. The molecule has 21 heavy (non-hydrogen) atoms. The molecule has 1 aliphatic rings. The fourth-order valence-corrected chi connectivity index (χ4v) is 3.10. The Labute approximate surface area is 133 Å². The second kappa shape index (κ2) is 13.1. The molecule has 0 aliphatic heterocycles. The van der Waals surface area contributed by atoms with Crippen LogP contribution in [0.2, 0.25) is 0 Å². The Morgan fingerprint density at radius 2 is 2.00 bits per heavy atom. The number of allylic oxidation sites excluding steroid dienone is 4. The Balaban J connectivity index is 1.87. The average Bonchev–Trinajstić information content (AvgIpc) is 2.52. The monoisotopic (exact) mass is 311 g/mol. The van der Waals surface area contributed by atoms with Gasteiger partial charge in [0.2, 0.25) is 0 Å². The van der Waals surface area contributed by atoms with E-state index in [1.165, 1.54) is 36.6 Å². The van der Waals surface area contributed by atoms with Crippen LogP contribution in [0.4, 0.5) is 0 Å². The first kappa shape index (κ1) is 18.5. The van der Waals surface area contributed by atoms with Crippen LogP contribution in [0.1, 0.15) is 57.8 Å². The Kier molecular flexibility index (Phi) is 11.5. The fraction of sp³-hybridized carbons (Fsp3) is 0.706. The lowest BCUT2D eigenvalue weighted by Gasteiger charge is -2.06. The molecule has 0 amide bonds. The van der Waals surface area contributed by atoms with Crippen LogP contribution in [-0.4, -0.2) is 24.2 Å². The maximum atomic E-state index is 11.8. The fourth-order valence-electron chi connectivity index (χ4n) is 2.28. The van der Waals surface area contributed by atoms with Crippen molar-refractivity contribution in [3.05, 3.63) is 23.8 Å². The van der Waals surface area contributed by atoms with Crippen LogP contribution < -0.4 is 5.73 Å². The summed E-state index contributed by atoms with van der Waals surface area (Å²) in [5.41, 5.74) is 6.57. The normalized spacial score (nSPS) is 14.2. The zero-order valence-electron chi connectivity index (χ0n) is 13.0. The van der Waals surface area contributed by atoms with Crippen LogP contribution in [0.25, 0.3) is 0 Å². The van der Waals surface area contributed by atoms with Crippen molar-refractivity contribution in [2.75, 3.05) is 19.1 Å². The van der Waals surface area contributed by atoms with Crippen molar-refractivity contribution in [3.63, 3.8) is 0 Å². The summed E-state index contributed by atoms with van der Waals surface area (Å²) >= 11 is 1.51. The van der Waals surface area contributed by atoms with Gasteiger partial charge in [-0.3, -0.25) is 4.79 Å². The molecule has 0 fully saturated rings. The number of carbonyl (C=O) groups excluding carboxylic acids is 1. The number of carbonyl (C=O) groups is 1. The molecule has 0 saturated carbocycles. The lowest BCUT2D eigenvalue weighted by atomic mass is 10.0. The van der Waals surface area contributed by atoms with E-state index in [4.69, 9.17) is 10.5 Å². The van der Waals surface area contributed by atoms with Gasteiger partial charge in [-0.05, 0) is 32.1 Å². The van der Waals surface area contributed by atoms with Crippen LogP contribution in [0, 0.1) is 0 Å². The molecule has 0 heterocycles. The molecule has 0 radical (unpaired) electrons. The zero-order valence-corrected chi connectivity index (χ0v) is 13.8. The maximum Gasteiger partial charge on any atom is 0.189 e. The minimum atomic E-state index is 0.325. The molecule has 0 unspecified atom stereocenters. The molecule has 0 aromatic rings. The number of ether oxygens (including phenoxy) is 1. The first-order chi connectivity index (χ1) is 10.3. The van der Waals surface area contributed by atoms with Gasteiger partial charge in [0.25, 0.3) is 0 Å². The van der Waals surface area contributed by atoms with Gasteiger partial charge in [0.05, 0.1) is 6.73 Å². The summed E-state index contributed by atoms with van der Waals surface area (Å²) in [5, 5.41) is 0.339. The largest absolute Gasteiger partial charge is 0.367 e. The van der Waals surface area contributed by atoms with Crippen molar-refractivity contribution in [2.24, 2.45) is 5.73 Å². The third-order valence-corrected chi connectivity index (χ3v) is 4.52. The Morgan fingerprint density at radius 1 is 1.19 bits per heavy atom. The van der Waals surface area contributed by atoms with Gasteiger partial charge in [0, 0.05) is 18.8 Å². The Hall–Kier alpha value is -0.580. The van der Waals surface area contributed by atoms with Crippen molar-refractivity contribution in [1.29, 1.82) is 0 Å². The van der Waals surface area contributed by atoms with E-state index in [9.17, 15) is 4.79 Å². The first-order valence-electron chi connectivity index (χ1n) is 8.12. The second-order valence-corrected chi connectivity index (χ2v) is 6.47. The maximum absolute atomic E-state index is 11.8. The summed E-state index contributed by atoms with van der Waals surface area (Å²) in [4.78, 5) is 11.8. The molecule has 3 nitrogen and oxygen atoms in total. The molecular formula is C17H29NO2S. The molecule has 2 N–H and O–H groups in total. The van der Waals surface area contributed by atoms with Gasteiger partial charge in [0.1, 0.15) is 0 Å². The number of thioether (sulfide) groups is 1. The van der Waals surface area contributed by atoms with E-state index in [1.54, 1.807) is 0 Å². The molecule has 0 spiro atoms.